The van der Waals surface area contributed by atoms with Gasteiger partial charge in [0.25, 0.3) is 5.91 Å². The first-order valence-electron chi connectivity index (χ1n) is 8.61. The van der Waals surface area contributed by atoms with Crippen LogP contribution in [0.3, 0.4) is 0 Å². The standard InChI is InChI=1S/C21H22N4O/c1-15-8-9-18(16(2)14-15)24-20(26)19-11-13-23-21(25-19)22-12-10-17-6-4-3-5-7-17/h3-9,11,13-14H,10,12H2,1-2H3,(H,24,26)(H,22,23,25). The molecule has 0 saturated carbocycles. The van der Waals surface area contributed by atoms with E-state index < -0.39 is 0 Å². The lowest BCUT2D eigenvalue weighted by atomic mass is 10.1. The molecule has 26 heavy (non-hydrogen) atoms. The molecule has 1 aromatic heterocycles. The maximum absolute atomic E-state index is 12.5. The van der Waals surface area contributed by atoms with Crippen molar-refractivity contribution in [2.75, 3.05) is 17.2 Å². The first-order chi connectivity index (χ1) is 12.6. The third-order valence-corrected chi connectivity index (χ3v) is 4.06. The minimum Gasteiger partial charge on any atom is -0.354 e. The number of amides is 1. The lowest BCUT2D eigenvalue weighted by Crippen LogP contribution is -2.16. The van der Waals surface area contributed by atoms with Gasteiger partial charge in [0.15, 0.2) is 0 Å². The molecule has 0 aliphatic carbocycles. The molecule has 3 rings (SSSR count). The summed E-state index contributed by atoms with van der Waals surface area (Å²) in [5, 5.41) is 6.07. The number of aromatic nitrogens is 2. The fourth-order valence-electron chi connectivity index (χ4n) is 2.67. The van der Waals surface area contributed by atoms with E-state index in [1.165, 1.54) is 5.56 Å². The van der Waals surface area contributed by atoms with Crippen LogP contribution in [0.4, 0.5) is 11.6 Å². The number of carbonyl (C=O) groups is 1. The second-order valence-electron chi connectivity index (χ2n) is 6.20. The third kappa shape index (κ3) is 4.66. The summed E-state index contributed by atoms with van der Waals surface area (Å²) in [4.78, 5) is 21.0. The average molecular weight is 346 g/mol. The summed E-state index contributed by atoms with van der Waals surface area (Å²) >= 11 is 0. The van der Waals surface area contributed by atoms with Crippen molar-refractivity contribution in [1.82, 2.24) is 9.97 Å². The van der Waals surface area contributed by atoms with Crippen LogP contribution >= 0.6 is 0 Å². The summed E-state index contributed by atoms with van der Waals surface area (Å²) < 4.78 is 0. The van der Waals surface area contributed by atoms with Gasteiger partial charge in [0.2, 0.25) is 5.95 Å². The van der Waals surface area contributed by atoms with Gasteiger partial charge in [-0.15, -0.1) is 0 Å². The summed E-state index contributed by atoms with van der Waals surface area (Å²) in [7, 11) is 0. The minimum atomic E-state index is -0.245. The Morgan fingerprint density at radius 1 is 1.04 bits per heavy atom. The highest BCUT2D eigenvalue weighted by molar-refractivity contribution is 6.03. The van der Waals surface area contributed by atoms with Gasteiger partial charge in [0, 0.05) is 18.4 Å². The molecule has 0 spiro atoms. The van der Waals surface area contributed by atoms with Gasteiger partial charge in [-0.05, 0) is 43.5 Å². The zero-order valence-electron chi connectivity index (χ0n) is 15.0. The lowest BCUT2D eigenvalue weighted by Gasteiger charge is -2.10. The highest BCUT2D eigenvalue weighted by atomic mass is 16.1. The van der Waals surface area contributed by atoms with E-state index in [0.717, 1.165) is 23.2 Å². The average Bonchev–Trinajstić information content (AvgIpc) is 2.65. The molecule has 2 aromatic carbocycles. The first kappa shape index (κ1) is 17.6. The normalized spacial score (nSPS) is 10.4. The number of anilines is 2. The molecule has 0 unspecified atom stereocenters. The van der Waals surface area contributed by atoms with E-state index in [4.69, 9.17) is 0 Å². The van der Waals surface area contributed by atoms with Gasteiger partial charge in [0.05, 0.1) is 0 Å². The van der Waals surface area contributed by atoms with Crippen LogP contribution in [0.15, 0.2) is 60.8 Å². The number of aryl methyl sites for hydroxylation is 2. The molecule has 5 nitrogen and oxygen atoms in total. The largest absolute Gasteiger partial charge is 0.354 e. The van der Waals surface area contributed by atoms with Crippen molar-refractivity contribution in [3.8, 4) is 0 Å². The highest BCUT2D eigenvalue weighted by Crippen LogP contribution is 2.17. The Morgan fingerprint density at radius 2 is 1.85 bits per heavy atom. The first-order valence-corrected chi connectivity index (χ1v) is 8.61. The number of benzene rings is 2. The molecular weight excluding hydrogens is 324 g/mol. The van der Waals surface area contributed by atoms with E-state index in [-0.39, 0.29) is 5.91 Å². The molecule has 0 bridgehead atoms. The number of hydrogen-bond donors (Lipinski definition) is 2. The van der Waals surface area contributed by atoms with Crippen LogP contribution in [0.25, 0.3) is 0 Å². The molecule has 0 aliphatic heterocycles. The summed E-state index contributed by atoms with van der Waals surface area (Å²) in [6.45, 7) is 4.70. The van der Waals surface area contributed by atoms with Crippen molar-refractivity contribution in [3.05, 3.63) is 83.2 Å². The summed E-state index contributed by atoms with van der Waals surface area (Å²) in [6.07, 6.45) is 2.46. The van der Waals surface area contributed by atoms with E-state index in [1.807, 2.05) is 50.2 Å². The molecule has 132 valence electrons. The van der Waals surface area contributed by atoms with Gasteiger partial charge in [-0.25, -0.2) is 9.97 Å². The molecule has 3 aromatic rings. The van der Waals surface area contributed by atoms with Crippen molar-refractivity contribution in [2.45, 2.75) is 20.3 Å². The summed E-state index contributed by atoms with van der Waals surface area (Å²) in [6, 6.07) is 17.7. The molecule has 0 aliphatic rings. The van der Waals surface area contributed by atoms with E-state index >= 15 is 0 Å². The van der Waals surface area contributed by atoms with Crippen molar-refractivity contribution in [3.63, 3.8) is 0 Å². The van der Waals surface area contributed by atoms with Gasteiger partial charge in [-0.3, -0.25) is 4.79 Å². The zero-order valence-corrected chi connectivity index (χ0v) is 15.0. The SMILES string of the molecule is Cc1ccc(NC(=O)c2ccnc(NCCc3ccccc3)n2)c(C)c1. The predicted octanol–water partition coefficient (Wildman–Crippen LogP) is 4.00. The van der Waals surface area contributed by atoms with Gasteiger partial charge in [0.1, 0.15) is 5.69 Å². The Labute approximate surface area is 153 Å². The maximum Gasteiger partial charge on any atom is 0.274 e. The minimum absolute atomic E-state index is 0.245. The number of rotatable bonds is 6. The van der Waals surface area contributed by atoms with Crippen LogP contribution in [-0.4, -0.2) is 22.4 Å². The van der Waals surface area contributed by atoms with Gasteiger partial charge in [-0.2, -0.15) is 0 Å². The van der Waals surface area contributed by atoms with Crippen LogP contribution in [0, 0.1) is 13.8 Å². The van der Waals surface area contributed by atoms with Crippen LogP contribution in [0.1, 0.15) is 27.2 Å². The van der Waals surface area contributed by atoms with Crippen molar-refractivity contribution < 1.29 is 4.79 Å². The summed E-state index contributed by atoms with van der Waals surface area (Å²) in [5.41, 5.74) is 4.55. The Hall–Kier alpha value is -3.21. The fraction of sp³-hybridized carbons (Fsp3) is 0.190. The second-order valence-corrected chi connectivity index (χ2v) is 6.20. The molecular formula is C21H22N4O. The number of nitrogens with one attached hydrogen (secondary N) is 2. The number of nitrogens with zero attached hydrogens (tertiary/aromatic N) is 2. The molecule has 0 saturated heterocycles. The maximum atomic E-state index is 12.5. The van der Waals surface area contributed by atoms with E-state index in [1.54, 1.807) is 12.3 Å². The van der Waals surface area contributed by atoms with E-state index in [9.17, 15) is 4.79 Å². The van der Waals surface area contributed by atoms with Crippen LogP contribution in [-0.2, 0) is 6.42 Å². The van der Waals surface area contributed by atoms with Crippen LogP contribution < -0.4 is 10.6 Å². The Balaban J connectivity index is 1.61. The van der Waals surface area contributed by atoms with Crippen molar-refractivity contribution in [2.24, 2.45) is 0 Å². The van der Waals surface area contributed by atoms with Crippen molar-refractivity contribution >= 4 is 17.5 Å². The lowest BCUT2D eigenvalue weighted by molar-refractivity contribution is 0.102. The van der Waals surface area contributed by atoms with E-state index in [0.29, 0.717) is 18.2 Å². The van der Waals surface area contributed by atoms with Gasteiger partial charge >= 0.3 is 0 Å². The monoisotopic (exact) mass is 346 g/mol. The predicted molar refractivity (Wildman–Crippen MR) is 105 cm³/mol. The topological polar surface area (TPSA) is 66.9 Å². The Kier molecular flexibility index (Phi) is 5.59. The van der Waals surface area contributed by atoms with Crippen molar-refractivity contribution in [1.29, 1.82) is 0 Å². The second kappa shape index (κ2) is 8.25. The van der Waals surface area contributed by atoms with Gasteiger partial charge in [-0.1, -0.05) is 48.0 Å². The van der Waals surface area contributed by atoms with Gasteiger partial charge < -0.3 is 10.6 Å². The van der Waals surface area contributed by atoms with Crippen LogP contribution in [0.2, 0.25) is 0 Å². The molecule has 2 N–H and O–H groups in total. The molecule has 0 fully saturated rings. The zero-order chi connectivity index (χ0) is 18.4. The molecule has 1 amide bonds. The molecule has 5 heteroatoms. The quantitative estimate of drug-likeness (QED) is 0.708. The number of carbonyl (C=O) groups excluding carboxylic acids is 1. The van der Waals surface area contributed by atoms with Crippen LogP contribution in [0.5, 0.6) is 0 Å². The third-order valence-electron chi connectivity index (χ3n) is 4.06. The Morgan fingerprint density at radius 3 is 2.62 bits per heavy atom. The molecule has 1 heterocycles. The highest BCUT2D eigenvalue weighted by Gasteiger charge is 2.10. The number of hydrogen-bond acceptors (Lipinski definition) is 4. The Bertz CT molecular complexity index is 894. The molecule has 0 atom stereocenters. The smallest absolute Gasteiger partial charge is 0.274 e. The molecule has 0 radical (unpaired) electrons. The summed E-state index contributed by atoms with van der Waals surface area (Å²) in [5.74, 6) is 0.208. The fourth-order valence-corrected chi connectivity index (χ4v) is 2.67. The van der Waals surface area contributed by atoms with E-state index in [2.05, 4.69) is 32.7 Å².